The molecule has 206 valence electrons. The Kier molecular flexibility index (Phi) is 9.22. The second kappa shape index (κ2) is 12.8. The second-order valence-corrected chi connectivity index (χ2v) is 10.3. The van der Waals surface area contributed by atoms with Crippen molar-refractivity contribution in [3.8, 4) is 16.9 Å². The molecule has 1 aliphatic heterocycles. The van der Waals surface area contributed by atoms with E-state index in [1.807, 2.05) is 86.6 Å². The smallest absolute Gasteiger partial charge is 0.255 e. The number of carbonyl (C=O) groups excluding carboxylic acids is 2. The van der Waals surface area contributed by atoms with E-state index in [-0.39, 0.29) is 11.8 Å². The van der Waals surface area contributed by atoms with Gasteiger partial charge in [-0.3, -0.25) is 9.59 Å². The average Bonchev–Trinajstić information content (AvgIpc) is 2.93. The average molecular weight is 530 g/mol. The Morgan fingerprint density at radius 1 is 0.897 bits per heavy atom. The number of anilines is 2. The first kappa shape index (κ1) is 28.1. The molecule has 0 aromatic heterocycles. The summed E-state index contributed by atoms with van der Waals surface area (Å²) >= 11 is 0. The third-order valence-electron chi connectivity index (χ3n) is 7.07. The lowest BCUT2D eigenvalue weighted by atomic mass is 9.97. The molecule has 3 aromatic carbocycles. The number of carbonyl (C=O) groups is 2. The number of likely N-dealkylation sites (N-methyl/N-ethyl adjacent to an activating group) is 2. The van der Waals surface area contributed by atoms with Crippen molar-refractivity contribution < 1.29 is 14.3 Å². The van der Waals surface area contributed by atoms with Crippen LogP contribution in [0.2, 0.25) is 0 Å². The molecule has 0 saturated carbocycles. The molecule has 1 saturated heterocycles. The van der Waals surface area contributed by atoms with Gasteiger partial charge in [-0.25, -0.2) is 0 Å². The summed E-state index contributed by atoms with van der Waals surface area (Å²) in [5.74, 6) is 0.555. The number of hydrogen-bond donors (Lipinski definition) is 2. The first-order valence-corrected chi connectivity index (χ1v) is 13.3. The van der Waals surface area contributed by atoms with Crippen LogP contribution in [0.15, 0.2) is 60.7 Å². The summed E-state index contributed by atoms with van der Waals surface area (Å²) in [4.78, 5) is 32.2. The zero-order chi connectivity index (χ0) is 27.9. The Bertz CT molecular complexity index is 1300. The predicted molar refractivity (Wildman–Crippen MR) is 158 cm³/mol. The molecule has 4 rings (SSSR count). The van der Waals surface area contributed by atoms with Crippen LogP contribution in [0.4, 0.5) is 11.4 Å². The zero-order valence-corrected chi connectivity index (χ0v) is 23.6. The zero-order valence-electron chi connectivity index (χ0n) is 23.6. The highest BCUT2D eigenvalue weighted by atomic mass is 16.5. The lowest BCUT2D eigenvalue weighted by molar-refractivity contribution is 0.0950. The summed E-state index contributed by atoms with van der Waals surface area (Å²) in [7, 11) is 7.75. The number of rotatable bonds is 9. The van der Waals surface area contributed by atoms with Crippen molar-refractivity contribution in [2.45, 2.75) is 6.92 Å². The van der Waals surface area contributed by atoms with Crippen LogP contribution in [0.5, 0.6) is 5.75 Å². The first-order chi connectivity index (χ1) is 18.7. The van der Waals surface area contributed by atoms with E-state index in [1.165, 1.54) is 0 Å². The largest absolute Gasteiger partial charge is 0.495 e. The number of nitrogens with zero attached hydrogens (tertiary/aromatic N) is 3. The van der Waals surface area contributed by atoms with Crippen LogP contribution in [-0.2, 0) is 0 Å². The molecule has 0 aliphatic carbocycles. The van der Waals surface area contributed by atoms with Gasteiger partial charge in [0.15, 0.2) is 0 Å². The number of hydrogen-bond acceptors (Lipinski definition) is 6. The molecule has 2 N–H and O–H groups in total. The Balaban J connectivity index is 1.43. The van der Waals surface area contributed by atoms with Gasteiger partial charge in [0.2, 0.25) is 0 Å². The number of piperazine rings is 1. The minimum Gasteiger partial charge on any atom is -0.495 e. The lowest BCUT2D eigenvalue weighted by Crippen LogP contribution is -2.44. The molecule has 8 heteroatoms. The topological polar surface area (TPSA) is 77.1 Å². The van der Waals surface area contributed by atoms with Gasteiger partial charge >= 0.3 is 0 Å². The molecule has 0 bridgehead atoms. The van der Waals surface area contributed by atoms with Crippen LogP contribution >= 0.6 is 0 Å². The van der Waals surface area contributed by atoms with Gasteiger partial charge in [0.25, 0.3) is 11.8 Å². The second-order valence-electron chi connectivity index (χ2n) is 10.3. The highest BCUT2D eigenvalue weighted by Gasteiger charge is 2.19. The fourth-order valence-corrected chi connectivity index (χ4v) is 4.69. The van der Waals surface area contributed by atoms with Crippen molar-refractivity contribution in [2.75, 3.05) is 77.7 Å². The van der Waals surface area contributed by atoms with Crippen LogP contribution in [0, 0.1) is 6.92 Å². The van der Waals surface area contributed by atoms with Crippen LogP contribution in [-0.4, -0.2) is 89.1 Å². The molecule has 39 heavy (non-hydrogen) atoms. The third-order valence-corrected chi connectivity index (χ3v) is 7.07. The van der Waals surface area contributed by atoms with E-state index in [4.69, 9.17) is 4.74 Å². The van der Waals surface area contributed by atoms with E-state index in [2.05, 4.69) is 27.5 Å². The molecule has 1 aliphatic rings. The maximum absolute atomic E-state index is 13.1. The van der Waals surface area contributed by atoms with Crippen molar-refractivity contribution in [1.29, 1.82) is 0 Å². The van der Waals surface area contributed by atoms with Crippen molar-refractivity contribution in [1.82, 2.24) is 15.1 Å². The summed E-state index contributed by atoms with van der Waals surface area (Å²) in [5.41, 5.74) is 5.95. The summed E-state index contributed by atoms with van der Waals surface area (Å²) < 4.78 is 5.59. The summed E-state index contributed by atoms with van der Waals surface area (Å²) in [6.07, 6.45) is 0. The summed E-state index contributed by atoms with van der Waals surface area (Å²) in [6, 6.07) is 19.0. The van der Waals surface area contributed by atoms with Crippen LogP contribution in [0.1, 0.15) is 26.3 Å². The maximum atomic E-state index is 13.1. The Morgan fingerprint density at radius 3 is 2.23 bits per heavy atom. The lowest BCUT2D eigenvalue weighted by Gasteiger charge is -2.34. The van der Waals surface area contributed by atoms with E-state index in [0.29, 0.717) is 17.7 Å². The van der Waals surface area contributed by atoms with E-state index < -0.39 is 0 Å². The normalized spacial score (nSPS) is 13.8. The van der Waals surface area contributed by atoms with E-state index in [9.17, 15) is 9.59 Å². The van der Waals surface area contributed by atoms with Gasteiger partial charge in [-0.05, 0) is 87.2 Å². The molecule has 0 atom stereocenters. The number of ether oxygens (including phenoxy) is 1. The molecule has 0 radical (unpaired) electrons. The van der Waals surface area contributed by atoms with E-state index in [0.717, 1.165) is 66.5 Å². The van der Waals surface area contributed by atoms with Gasteiger partial charge in [-0.1, -0.05) is 18.2 Å². The third kappa shape index (κ3) is 7.16. The number of benzene rings is 3. The predicted octanol–water partition coefficient (Wildman–Crippen LogP) is 3.97. The highest BCUT2D eigenvalue weighted by Crippen LogP contribution is 2.32. The summed E-state index contributed by atoms with van der Waals surface area (Å²) in [6.45, 7) is 7.17. The van der Waals surface area contributed by atoms with Crippen LogP contribution in [0.25, 0.3) is 11.1 Å². The molecule has 0 unspecified atom stereocenters. The number of aryl methyl sites for hydroxylation is 1. The number of amides is 2. The Labute approximate surface area is 231 Å². The fourth-order valence-electron chi connectivity index (χ4n) is 4.69. The van der Waals surface area contributed by atoms with E-state index >= 15 is 0 Å². The Morgan fingerprint density at radius 2 is 1.59 bits per heavy atom. The van der Waals surface area contributed by atoms with Crippen molar-refractivity contribution in [2.24, 2.45) is 0 Å². The van der Waals surface area contributed by atoms with Crippen molar-refractivity contribution in [3.63, 3.8) is 0 Å². The minimum atomic E-state index is -0.169. The monoisotopic (exact) mass is 529 g/mol. The van der Waals surface area contributed by atoms with Gasteiger partial charge in [0.05, 0.1) is 12.8 Å². The molecule has 0 spiro atoms. The fraction of sp³-hybridized carbons (Fsp3) is 0.355. The number of nitrogens with one attached hydrogen (secondary N) is 2. The first-order valence-electron chi connectivity index (χ1n) is 13.3. The highest BCUT2D eigenvalue weighted by molar-refractivity contribution is 6.05. The molecule has 1 heterocycles. The molecular weight excluding hydrogens is 490 g/mol. The van der Waals surface area contributed by atoms with Crippen LogP contribution < -0.4 is 20.3 Å². The SMILES string of the molecule is COc1ccc(NC(=O)c2ccc(-c3ccc(C(=O)NCCN(C)C)cc3C)cc2)cc1N1CCN(C)CC1. The quantitative estimate of drug-likeness (QED) is 0.437. The van der Waals surface area contributed by atoms with Gasteiger partial charge in [-0.2, -0.15) is 0 Å². The Hall–Kier alpha value is -3.88. The maximum Gasteiger partial charge on any atom is 0.255 e. The van der Waals surface area contributed by atoms with Gasteiger partial charge in [0, 0.05) is 56.1 Å². The van der Waals surface area contributed by atoms with Gasteiger partial charge in [-0.15, -0.1) is 0 Å². The molecule has 3 aromatic rings. The minimum absolute atomic E-state index is 0.0761. The van der Waals surface area contributed by atoms with Crippen molar-refractivity contribution in [3.05, 3.63) is 77.4 Å². The molecular formula is C31H39N5O3. The molecule has 8 nitrogen and oxygen atoms in total. The van der Waals surface area contributed by atoms with Gasteiger partial charge < -0.3 is 30.1 Å². The van der Waals surface area contributed by atoms with Crippen molar-refractivity contribution >= 4 is 23.2 Å². The number of methoxy groups -OCH3 is 1. The van der Waals surface area contributed by atoms with E-state index in [1.54, 1.807) is 7.11 Å². The summed E-state index contributed by atoms with van der Waals surface area (Å²) in [5, 5.41) is 5.98. The standard InChI is InChI=1S/C31H39N5O3/c1-22-20-25(30(37)32-14-15-34(2)3)10-12-27(22)23-6-8-24(9-7-23)31(38)33-26-11-13-29(39-5)28(21-26)36-18-16-35(4)17-19-36/h6-13,20-21H,14-19H2,1-5H3,(H,32,37)(H,33,38). The molecule has 1 fully saturated rings. The molecule has 2 amide bonds. The van der Waals surface area contributed by atoms with Gasteiger partial charge in [0.1, 0.15) is 5.75 Å². The van der Waals surface area contributed by atoms with Crippen LogP contribution in [0.3, 0.4) is 0 Å².